The number of pyridine rings is 6. The Balaban J connectivity index is -0.000000814. The zero-order valence-corrected chi connectivity index (χ0v) is 38.4. The van der Waals surface area contributed by atoms with Crippen LogP contribution in [-0.2, 0) is 73.4 Å². The number of hydrogen-bond donors (Lipinski definition) is 1. The van der Waals surface area contributed by atoms with Crippen molar-refractivity contribution in [1.82, 2.24) is 39.7 Å². The predicted molar refractivity (Wildman–Crippen MR) is 248 cm³/mol. The molecule has 13 nitrogen and oxygen atoms in total. The zero-order valence-electron chi connectivity index (χ0n) is 33.0. The van der Waals surface area contributed by atoms with Gasteiger partial charge in [0, 0.05) is 83.1 Å². The Morgan fingerprint density at radius 1 is 0.393 bits per heavy atom. The molecule has 0 bridgehead atoms. The number of aliphatic hydroxyl groups is 1. The normalized spacial score (nSPS) is 8.59. The fourth-order valence-corrected chi connectivity index (χ4v) is 4.66. The van der Waals surface area contributed by atoms with Crippen LogP contribution in [0.3, 0.4) is 0 Å². The Morgan fingerprint density at radius 2 is 0.525 bits per heavy atom. The Morgan fingerprint density at radius 3 is 0.623 bits per heavy atom. The summed E-state index contributed by atoms with van der Waals surface area (Å²) in [5.41, 5.74) is 6.30. The van der Waals surface area contributed by atoms with Crippen LogP contribution in [0, 0.1) is 0 Å². The van der Waals surface area contributed by atoms with Crippen molar-refractivity contribution in [1.29, 1.82) is 0 Å². The number of rotatable bonds is 12. The van der Waals surface area contributed by atoms with Crippen molar-refractivity contribution < 1.29 is 39.2 Å². The first-order valence-corrected chi connectivity index (χ1v) is 19.0. The van der Waals surface area contributed by atoms with Crippen LogP contribution in [0.4, 0.5) is 0 Å². The maximum absolute atomic E-state index is 7.57. The van der Waals surface area contributed by atoms with E-state index < -0.39 is 0 Å². The second kappa shape index (κ2) is 44.6. The van der Waals surface area contributed by atoms with Crippen LogP contribution in [0.5, 0.6) is 0 Å². The molecule has 6 rings (SSSR count). The summed E-state index contributed by atoms with van der Waals surface area (Å²) < 4.78 is 0. The first-order chi connectivity index (χ1) is 28.9. The van der Waals surface area contributed by atoms with Crippen molar-refractivity contribution in [2.24, 2.45) is 0 Å². The molecule has 314 valence electrons. The van der Waals surface area contributed by atoms with Gasteiger partial charge in [-0.15, -0.1) is 0 Å². The number of aliphatic hydroxyl groups excluding tert-OH is 1. The molecule has 0 atom stereocenters. The zero-order chi connectivity index (χ0) is 43.6. The van der Waals surface area contributed by atoms with Gasteiger partial charge in [0.1, 0.15) is 0 Å². The monoisotopic (exact) mass is 970 g/mol. The molecule has 0 spiro atoms. The molecule has 6 aromatic rings. The molecule has 0 saturated carbocycles. The molecule has 0 aliphatic heterocycles. The quantitative estimate of drug-likeness (QED) is 0.0696. The average molecular weight is 971 g/mol. The third kappa shape index (κ3) is 34.4. The van der Waals surface area contributed by atoms with Crippen LogP contribution < -0.4 is 0 Å². The van der Waals surface area contributed by atoms with Gasteiger partial charge in [0.15, 0.2) is 0 Å². The van der Waals surface area contributed by atoms with E-state index in [4.69, 9.17) is 26.7 Å². The van der Waals surface area contributed by atoms with Crippen LogP contribution in [0.25, 0.3) is 21.6 Å². The summed E-state index contributed by atoms with van der Waals surface area (Å²) in [4.78, 5) is 31.1. The van der Waals surface area contributed by atoms with Crippen molar-refractivity contribution in [2.75, 3.05) is 6.61 Å². The summed E-state index contributed by atoms with van der Waals surface area (Å²) in [7, 11) is 0. The van der Waals surface area contributed by atoms with Gasteiger partial charge in [0.25, 0.3) is 0 Å². The number of nitrogens with zero attached hydrogens (tertiary/aromatic N) is 12. The predicted octanol–water partition coefficient (Wildman–Crippen LogP) is 8.78. The van der Waals surface area contributed by atoms with Gasteiger partial charge in [-0.3, -0.25) is 39.7 Å². The molecule has 0 fully saturated rings. The second-order valence-corrected chi connectivity index (χ2v) is 11.6. The number of hydrogen-bond acceptors (Lipinski definition) is 13. The van der Waals surface area contributed by atoms with Gasteiger partial charge in [-0.25, -0.2) is 0 Å². The van der Waals surface area contributed by atoms with E-state index in [2.05, 4.69) is 88.6 Å². The summed E-state index contributed by atoms with van der Waals surface area (Å²) in [5.74, 6) is 0. The van der Waals surface area contributed by atoms with Gasteiger partial charge in [-0.1, -0.05) is 85.3 Å². The fourth-order valence-electron chi connectivity index (χ4n) is 4.66. The SMILES string of the molecule is CCO.[Fe+3].[Fe+3].[N-]=C=S.[N-]=C=S.[N-]=C=S.[N-]=C=S.c1ccc(CN(Cc2ccccn2)Cc2ccccn2)nc1.c1ccc(CN(Cc2ccccn2)Cc2ccccn2)nc1. The van der Waals surface area contributed by atoms with E-state index in [9.17, 15) is 0 Å². The van der Waals surface area contributed by atoms with Gasteiger partial charge in [0.05, 0.1) is 34.2 Å². The molecular weight excluding hydrogens is 929 g/mol. The standard InChI is InChI=1S/2C18H18N4.C2H6O.4CNS.2Fe/c2*1-4-10-19-16(7-1)13-22(14-17-8-2-5-11-20-17)15-18-9-3-6-12-21-18;1-2-3;4*2-1-3;;/h2*1-12H,13-15H2;3H,2H2,1H3;;;;;;/q;;;4*-1;2*+3. The molecule has 0 aliphatic rings. The molecule has 0 amide bonds. The molecule has 0 aromatic carbocycles. The summed E-state index contributed by atoms with van der Waals surface area (Å²) in [5, 5.41) is 41.4. The van der Waals surface area contributed by atoms with E-state index >= 15 is 0 Å². The number of thiocarbonyl (C=S) groups is 4. The van der Waals surface area contributed by atoms with Crippen molar-refractivity contribution >= 4 is 69.5 Å². The minimum atomic E-state index is 0. The van der Waals surface area contributed by atoms with Crippen molar-refractivity contribution in [2.45, 2.75) is 46.2 Å². The Hall–Kier alpha value is -4.98. The average Bonchev–Trinajstić information content (AvgIpc) is 3.25. The van der Waals surface area contributed by atoms with Gasteiger partial charge in [-0.05, 0) is 79.7 Å². The maximum atomic E-state index is 7.57. The largest absolute Gasteiger partial charge is 3.00 e. The van der Waals surface area contributed by atoms with Crippen LogP contribution in [-0.4, -0.2) is 72.1 Å². The molecule has 1 N–H and O–H groups in total. The second-order valence-electron chi connectivity index (χ2n) is 10.9. The minimum Gasteiger partial charge on any atom is -0.753 e. The van der Waals surface area contributed by atoms with E-state index in [0.717, 1.165) is 73.4 Å². The molecule has 61 heavy (non-hydrogen) atoms. The van der Waals surface area contributed by atoms with E-state index in [-0.39, 0.29) is 40.7 Å². The van der Waals surface area contributed by atoms with E-state index in [1.54, 1.807) is 6.92 Å². The van der Waals surface area contributed by atoms with E-state index in [1.165, 1.54) is 20.6 Å². The van der Waals surface area contributed by atoms with Crippen LogP contribution in [0.15, 0.2) is 146 Å². The fraction of sp³-hybridized carbons (Fsp3) is 0.190. The van der Waals surface area contributed by atoms with E-state index in [0.29, 0.717) is 0 Å². The smallest absolute Gasteiger partial charge is 0.753 e. The van der Waals surface area contributed by atoms with Crippen LogP contribution >= 0.6 is 48.9 Å². The number of aromatic nitrogens is 6. The minimum absolute atomic E-state index is 0. The Labute approximate surface area is 400 Å². The van der Waals surface area contributed by atoms with Crippen molar-refractivity contribution in [3.8, 4) is 0 Å². The van der Waals surface area contributed by atoms with Crippen LogP contribution in [0.1, 0.15) is 41.1 Å². The summed E-state index contributed by atoms with van der Waals surface area (Å²) >= 11 is 14.8. The molecular formula is C42H42Fe2N12OS4+2. The third-order valence-electron chi connectivity index (χ3n) is 6.67. The van der Waals surface area contributed by atoms with Crippen molar-refractivity contribution in [3.05, 3.63) is 202 Å². The Bertz CT molecular complexity index is 1660. The Kier molecular flexibility index (Phi) is 44.1. The molecule has 6 aromatic heterocycles. The van der Waals surface area contributed by atoms with Gasteiger partial charge in [0.2, 0.25) is 0 Å². The summed E-state index contributed by atoms with van der Waals surface area (Å²) in [6.07, 6.45) is 11.0. The summed E-state index contributed by atoms with van der Waals surface area (Å²) in [6, 6.07) is 36.0. The van der Waals surface area contributed by atoms with Gasteiger partial charge in [-0.2, -0.15) is 20.6 Å². The van der Waals surface area contributed by atoms with Gasteiger partial charge < -0.3 is 26.7 Å². The first kappa shape index (κ1) is 60.3. The summed E-state index contributed by atoms with van der Waals surface area (Å²) in [6.45, 7) is 6.56. The van der Waals surface area contributed by atoms with E-state index in [1.807, 2.05) is 146 Å². The third-order valence-corrected chi connectivity index (χ3v) is 6.67. The topological polar surface area (TPSA) is 193 Å². The molecule has 2 radical (unpaired) electrons. The number of isothiocyanates is 4. The maximum Gasteiger partial charge on any atom is 3.00 e. The van der Waals surface area contributed by atoms with Crippen LogP contribution in [0.2, 0.25) is 0 Å². The van der Waals surface area contributed by atoms with Crippen molar-refractivity contribution in [3.63, 3.8) is 0 Å². The molecule has 0 saturated heterocycles. The molecule has 6 heterocycles. The molecule has 0 unspecified atom stereocenters. The molecule has 0 aliphatic carbocycles. The first-order valence-electron chi connectivity index (χ1n) is 17.4. The molecule has 19 heteroatoms. The van der Waals surface area contributed by atoms with Gasteiger partial charge >= 0.3 is 34.1 Å².